The van der Waals surface area contributed by atoms with Crippen LogP contribution >= 0.6 is 0 Å². The quantitative estimate of drug-likeness (QED) is 0.842. The van der Waals surface area contributed by atoms with Crippen molar-refractivity contribution >= 4 is 10.0 Å². The highest BCUT2D eigenvalue weighted by atomic mass is 32.2. The first-order chi connectivity index (χ1) is 12.0. The summed E-state index contributed by atoms with van der Waals surface area (Å²) in [6, 6.07) is 11.0. The van der Waals surface area contributed by atoms with Gasteiger partial charge in [-0.15, -0.1) is 0 Å². The summed E-state index contributed by atoms with van der Waals surface area (Å²) in [6.45, 7) is 1.92. The van der Waals surface area contributed by atoms with Crippen LogP contribution in [0.2, 0.25) is 0 Å². The molecule has 6 heteroatoms. The average molecular weight is 358 g/mol. The van der Waals surface area contributed by atoms with Gasteiger partial charge in [0.05, 0.1) is 11.1 Å². The third kappa shape index (κ3) is 3.16. The number of hydrogen-bond donors (Lipinski definition) is 0. The van der Waals surface area contributed by atoms with Crippen LogP contribution in [0.3, 0.4) is 0 Å². The first-order valence-corrected chi connectivity index (χ1v) is 10.1. The molecule has 132 valence electrons. The molecule has 2 aliphatic rings. The molecule has 4 rings (SSSR count). The molecule has 0 N–H and O–H groups in total. The Balaban J connectivity index is 1.54. The van der Waals surface area contributed by atoms with Crippen molar-refractivity contribution in [3.05, 3.63) is 54.4 Å². The van der Waals surface area contributed by atoms with Crippen molar-refractivity contribution in [3.63, 3.8) is 0 Å². The SMILES string of the molecule is Cc1cccc(S(=O)(=O)N2C3CCC2CC(Oc2cccnc2)C3)c1. The standard InChI is InChI=1S/C19H22N2O3S/c1-14-4-2-6-19(10-14)25(22,23)21-15-7-8-16(21)12-18(11-15)24-17-5-3-9-20-13-17/h2-6,9-10,13,15-16,18H,7-8,11-12H2,1H3. The number of pyridine rings is 1. The van der Waals surface area contributed by atoms with Gasteiger partial charge < -0.3 is 4.74 Å². The van der Waals surface area contributed by atoms with E-state index in [1.54, 1.807) is 28.8 Å². The summed E-state index contributed by atoms with van der Waals surface area (Å²) in [6.07, 6.45) is 6.74. The van der Waals surface area contributed by atoms with Crippen molar-refractivity contribution in [2.24, 2.45) is 0 Å². The molecule has 2 saturated heterocycles. The largest absolute Gasteiger partial charge is 0.489 e. The van der Waals surface area contributed by atoms with E-state index in [0.29, 0.717) is 4.90 Å². The van der Waals surface area contributed by atoms with E-state index in [1.807, 2.05) is 31.2 Å². The molecule has 25 heavy (non-hydrogen) atoms. The predicted octanol–water partition coefficient (Wildman–Crippen LogP) is 3.15. The van der Waals surface area contributed by atoms with E-state index in [-0.39, 0.29) is 18.2 Å². The smallest absolute Gasteiger partial charge is 0.243 e. The second-order valence-electron chi connectivity index (χ2n) is 6.94. The molecule has 0 aliphatic carbocycles. The molecule has 1 aromatic heterocycles. The zero-order valence-electron chi connectivity index (χ0n) is 14.2. The van der Waals surface area contributed by atoms with Gasteiger partial charge in [-0.05, 0) is 49.6 Å². The van der Waals surface area contributed by atoms with Gasteiger partial charge in [0, 0.05) is 31.1 Å². The van der Waals surface area contributed by atoms with Gasteiger partial charge in [0.15, 0.2) is 0 Å². The average Bonchev–Trinajstić information content (AvgIpc) is 2.88. The van der Waals surface area contributed by atoms with Gasteiger partial charge in [-0.1, -0.05) is 12.1 Å². The number of aryl methyl sites for hydroxylation is 1. The summed E-state index contributed by atoms with van der Waals surface area (Å²) >= 11 is 0. The van der Waals surface area contributed by atoms with Crippen molar-refractivity contribution in [1.29, 1.82) is 0 Å². The molecule has 1 aromatic carbocycles. The predicted molar refractivity (Wildman–Crippen MR) is 94.9 cm³/mol. The normalized spacial score (nSPS) is 26.5. The highest BCUT2D eigenvalue weighted by molar-refractivity contribution is 7.89. The lowest BCUT2D eigenvalue weighted by Gasteiger charge is -2.37. The number of sulfonamides is 1. The van der Waals surface area contributed by atoms with Crippen LogP contribution in [0.4, 0.5) is 0 Å². The van der Waals surface area contributed by atoms with Crippen molar-refractivity contribution in [2.45, 2.75) is 55.7 Å². The maximum Gasteiger partial charge on any atom is 0.243 e. The van der Waals surface area contributed by atoms with E-state index < -0.39 is 10.0 Å². The fourth-order valence-corrected chi connectivity index (χ4v) is 6.08. The van der Waals surface area contributed by atoms with Gasteiger partial charge in [0.2, 0.25) is 10.0 Å². The van der Waals surface area contributed by atoms with E-state index in [1.165, 1.54) is 0 Å². The zero-order chi connectivity index (χ0) is 17.4. The third-order valence-electron chi connectivity index (χ3n) is 5.12. The van der Waals surface area contributed by atoms with E-state index in [4.69, 9.17) is 4.74 Å². The fourth-order valence-electron chi connectivity index (χ4n) is 4.08. The number of hydrogen-bond acceptors (Lipinski definition) is 4. The van der Waals surface area contributed by atoms with Crippen molar-refractivity contribution in [1.82, 2.24) is 9.29 Å². The molecule has 2 bridgehead atoms. The Morgan fingerprint density at radius 1 is 1.12 bits per heavy atom. The summed E-state index contributed by atoms with van der Waals surface area (Å²) in [7, 11) is -3.45. The van der Waals surface area contributed by atoms with Gasteiger partial charge in [0.1, 0.15) is 11.9 Å². The Bertz CT molecular complexity index is 840. The van der Waals surface area contributed by atoms with E-state index in [2.05, 4.69) is 4.98 Å². The van der Waals surface area contributed by atoms with Crippen LogP contribution in [0.5, 0.6) is 5.75 Å². The van der Waals surface area contributed by atoms with Crippen LogP contribution < -0.4 is 4.74 Å². The Morgan fingerprint density at radius 2 is 1.88 bits per heavy atom. The Morgan fingerprint density at radius 3 is 2.52 bits per heavy atom. The summed E-state index contributed by atoms with van der Waals surface area (Å²) in [4.78, 5) is 4.47. The lowest BCUT2D eigenvalue weighted by molar-refractivity contribution is 0.0953. The third-order valence-corrected chi connectivity index (χ3v) is 7.13. The van der Waals surface area contributed by atoms with E-state index >= 15 is 0 Å². The molecule has 2 aliphatic heterocycles. The second-order valence-corrected chi connectivity index (χ2v) is 8.78. The molecule has 5 nitrogen and oxygen atoms in total. The number of nitrogens with zero attached hydrogens (tertiary/aromatic N) is 2. The number of rotatable bonds is 4. The lowest BCUT2D eigenvalue weighted by atomic mass is 10.0. The van der Waals surface area contributed by atoms with Crippen molar-refractivity contribution < 1.29 is 13.2 Å². The van der Waals surface area contributed by atoms with Gasteiger partial charge in [-0.3, -0.25) is 4.98 Å². The first kappa shape index (κ1) is 16.5. The number of aromatic nitrogens is 1. The number of piperidine rings is 1. The Labute approximate surface area is 148 Å². The topological polar surface area (TPSA) is 59.5 Å². The highest BCUT2D eigenvalue weighted by Crippen LogP contribution is 2.40. The lowest BCUT2D eigenvalue weighted by Crippen LogP contribution is -2.49. The zero-order valence-corrected chi connectivity index (χ0v) is 15.0. The molecule has 2 fully saturated rings. The monoisotopic (exact) mass is 358 g/mol. The van der Waals surface area contributed by atoms with Crippen LogP contribution in [0, 0.1) is 6.92 Å². The fraction of sp³-hybridized carbons (Fsp3) is 0.421. The Kier molecular flexibility index (Phi) is 4.25. The second kappa shape index (κ2) is 6.42. The highest BCUT2D eigenvalue weighted by Gasteiger charge is 2.47. The molecular formula is C19H22N2O3S. The van der Waals surface area contributed by atoms with Gasteiger partial charge in [-0.25, -0.2) is 8.42 Å². The minimum atomic E-state index is -3.45. The molecule has 3 heterocycles. The van der Waals surface area contributed by atoms with Crippen LogP contribution in [0.25, 0.3) is 0 Å². The first-order valence-electron chi connectivity index (χ1n) is 8.71. The minimum Gasteiger partial charge on any atom is -0.489 e. The molecule has 2 aromatic rings. The number of ether oxygens (including phenoxy) is 1. The molecule has 0 saturated carbocycles. The van der Waals surface area contributed by atoms with E-state index in [9.17, 15) is 8.42 Å². The molecule has 0 spiro atoms. The van der Waals surface area contributed by atoms with Gasteiger partial charge in [-0.2, -0.15) is 4.31 Å². The Hall–Kier alpha value is -1.92. The molecule has 2 atom stereocenters. The maximum atomic E-state index is 13.1. The molecule has 2 unspecified atom stereocenters. The van der Waals surface area contributed by atoms with Gasteiger partial charge in [0.25, 0.3) is 0 Å². The summed E-state index contributed by atoms with van der Waals surface area (Å²) in [5.74, 6) is 0.752. The van der Waals surface area contributed by atoms with Gasteiger partial charge >= 0.3 is 0 Å². The van der Waals surface area contributed by atoms with Crippen molar-refractivity contribution in [3.8, 4) is 5.75 Å². The summed E-state index contributed by atoms with van der Waals surface area (Å²) in [5.41, 5.74) is 0.961. The van der Waals surface area contributed by atoms with Crippen LogP contribution in [-0.4, -0.2) is 35.9 Å². The number of benzene rings is 1. The van der Waals surface area contributed by atoms with Crippen LogP contribution in [0.1, 0.15) is 31.2 Å². The number of fused-ring (bicyclic) bond motifs is 2. The summed E-state index contributed by atoms with van der Waals surface area (Å²) in [5, 5.41) is 0. The maximum absolute atomic E-state index is 13.1. The minimum absolute atomic E-state index is 0.0194. The van der Waals surface area contributed by atoms with E-state index in [0.717, 1.165) is 37.0 Å². The summed E-state index contributed by atoms with van der Waals surface area (Å²) < 4.78 is 34.1. The molecule has 0 radical (unpaired) electrons. The van der Waals surface area contributed by atoms with Crippen LogP contribution in [0.15, 0.2) is 53.7 Å². The van der Waals surface area contributed by atoms with Crippen LogP contribution in [-0.2, 0) is 10.0 Å². The molecular weight excluding hydrogens is 336 g/mol. The molecule has 0 amide bonds. The van der Waals surface area contributed by atoms with Crippen molar-refractivity contribution in [2.75, 3.05) is 0 Å².